The van der Waals surface area contributed by atoms with Gasteiger partial charge in [-0.2, -0.15) is 0 Å². The maximum atomic E-state index is 13.7. The van der Waals surface area contributed by atoms with Gasteiger partial charge >= 0.3 is 5.69 Å². The lowest BCUT2D eigenvalue weighted by atomic mass is 10.2. The molecule has 1 aliphatic rings. The molecule has 1 N–H and O–H groups in total. The molecule has 7 heteroatoms. The molecule has 4 rings (SSSR count). The van der Waals surface area contributed by atoms with Gasteiger partial charge in [-0.05, 0) is 25.0 Å². The van der Waals surface area contributed by atoms with Gasteiger partial charge in [0, 0.05) is 18.2 Å². The number of nitrogens with one attached hydrogen (secondary N) is 1. The van der Waals surface area contributed by atoms with E-state index in [4.69, 9.17) is 0 Å². The first-order chi connectivity index (χ1) is 13.1. The van der Waals surface area contributed by atoms with E-state index in [1.54, 1.807) is 10.6 Å². The molecular weight excluding hydrogens is 347 g/mol. The van der Waals surface area contributed by atoms with Crippen LogP contribution >= 0.6 is 0 Å². The van der Waals surface area contributed by atoms with Crippen LogP contribution in [0.1, 0.15) is 29.2 Å². The summed E-state index contributed by atoms with van der Waals surface area (Å²) in [7, 11) is 0. The van der Waals surface area contributed by atoms with Crippen molar-refractivity contribution in [3.63, 3.8) is 0 Å². The topological polar surface area (TPSA) is 68.9 Å². The molecule has 0 bridgehead atoms. The fourth-order valence-corrected chi connectivity index (χ4v) is 3.03. The average Bonchev–Trinajstić information content (AvgIpc) is 3.47. The Kier molecular flexibility index (Phi) is 4.58. The van der Waals surface area contributed by atoms with Crippen LogP contribution < -0.4 is 11.0 Å². The van der Waals surface area contributed by atoms with Gasteiger partial charge in [0.25, 0.3) is 5.91 Å². The molecule has 1 fully saturated rings. The Labute approximate surface area is 155 Å². The van der Waals surface area contributed by atoms with Gasteiger partial charge in [0.05, 0.1) is 12.1 Å². The summed E-state index contributed by atoms with van der Waals surface area (Å²) >= 11 is 0. The lowest BCUT2D eigenvalue weighted by Crippen LogP contribution is -2.32. The molecule has 3 aromatic rings. The van der Waals surface area contributed by atoms with E-state index < -0.39 is 11.7 Å². The van der Waals surface area contributed by atoms with E-state index in [1.807, 2.05) is 30.3 Å². The number of hydrogen-bond acceptors (Lipinski definition) is 3. The summed E-state index contributed by atoms with van der Waals surface area (Å²) in [6, 6.07) is 15.6. The summed E-state index contributed by atoms with van der Waals surface area (Å²) in [6.45, 7) is 0.404. The van der Waals surface area contributed by atoms with Crippen molar-refractivity contribution in [2.75, 3.05) is 6.54 Å². The number of carbonyl (C=O) groups excluding carboxylic acids is 1. The minimum absolute atomic E-state index is 0.0154. The number of halogens is 1. The van der Waals surface area contributed by atoms with Crippen LogP contribution in [-0.2, 0) is 6.54 Å². The second-order valence-corrected chi connectivity index (χ2v) is 6.53. The van der Waals surface area contributed by atoms with Crippen LogP contribution in [0.4, 0.5) is 4.39 Å². The summed E-state index contributed by atoms with van der Waals surface area (Å²) < 4.78 is 16.8. The van der Waals surface area contributed by atoms with Gasteiger partial charge < -0.3 is 5.32 Å². The van der Waals surface area contributed by atoms with Gasteiger partial charge in [-0.15, -0.1) is 5.10 Å². The number of carbonyl (C=O) groups is 1. The Morgan fingerprint density at radius 3 is 2.52 bits per heavy atom. The highest BCUT2D eigenvalue weighted by Crippen LogP contribution is 2.36. The number of amides is 1. The van der Waals surface area contributed by atoms with Crippen LogP contribution in [0.5, 0.6) is 0 Å². The van der Waals surface area contributed by atoms with Crippen LogP contribution in [0, 0.1) is 5.82 Å². The second-order valence-electron chi connectivity index (χ2n) is 6.53. The summed E-state index contributed by atoms with van der Waals surface area (Å²) in [5.41, 5.74) is 0.686. The molecule has 6 nitrogen and oxygen atoms in total. The van der Waals surface area contributed by atoms with Gasteiger partial charge in [0.1, 0.15) is 5.82 Å². The molecule has 0 radical (unpaired) electrons. The Bertz CT molecular complexity index is 1020. The van der Waals surface area contributed by atoms with E-state index in [2.05, 4.69) is 10.4 Å². The van der Waals surface area contributed by atoms with Crippen LogP contribution in [0.15, 0.2) is 59.4 Å². The van der Waals surface area contributed by atoms with Gasteiger partial charge in [-0.25, -0.2) is 13.9 Å². The van der Waals surface area contributed by atoms with E-state index >= 15 is 0 Å². The second kappa shape index (κ2) is 7.19. The third-order valence-corrected chi connectivity index (χ3v) is 4.54. The van der Waals surface area contributed by atoms with Crippen molar-refractivity contribution in [1.82, 2.24) is 19.7 Å². The van der Waals surface area contributed by atoms with E-state index in [9.17, 15) is 14.0 Å². The zero-order valence-electron chi connectivity index (χ0n) is 14.6. The van der Waals surface area contributed by atoms with Crippen molar-refractivity contribution in [3.05, 3.63) is 76.5 Å². The number of aromatic nitrogens is 3. The Morgan fingerprint density at radius 1 is 1.11 bits per heavy atom. The summed E-state index contributed by atoms with van der Waals surface area (Å²) in [4.78, 5) is 24.8. The van der Waals surface area contributed by atoms with E-state index in [1.165, 1.54) is 22.9 Å². The highest BCUT2D eigenvalue weighted by atomic mass is 19.1. The van der Waals surface area contributed by atoms with Crippen molar-refractivity contribution in [3.8, 4) is 11.4 Å². The molecule has 1 aliphatic carbocycles. The Balaban J connectivity index is 1.51. The van der Waals surface area contributed by atoms with Crippen molar-refractivity contribution < 1.29 is 9.18 Å². The SMILES string of the molecule is O=C(NCCn1nc(-c2ccccc2)n(C2CC2)c1=O)c1ccccc1F. The van der Waals surface area contributed by atoms with Crippen LogP contribution in [0.3, 0.4) is 0 Å². The normalized spacial score (nSPS) is 13.5. The first-order valence-electron chi connectivity index (χ1n) is 8.92. The van der Waals surface area contributed by atoms with E-state index in [0.29, 0.717) is 5.82 Å². The number of nitrogens with zero attached hydrogens (tertiary/aromatic N) is 3. The predicted octanol–water partition coefficient (Wildman–Crippen LogP) is 2.62. The highest BCUT2D eigenvalue weighted by molar-refractivity contribution is 5.94. The van der Waals surface area contributed by atoms with Gasteiger partial charge in [0.2, 0.25) is 0 Å². The molecule has 1 amide bonds. The van der Waals surface area contributed by atoms with Gasteiger partial charge in [-0.3, -0.25) is 9.36 Å². The Morgan fingerprint density at radius 2 is 1.81 bits per heavy atom. The predicted molar refractivity (Wildman–Crippen MR) is 98.9 cm³/mol. The van der Waals surface area contributed by atoms with Gasteiger partial charge in [0.15, 0.2) is 5.82 Å². The minimum Gasteiger partial charge on any atom is -0.350 e. The van der Waals surface area contributed by atoms with Gasteiger partial charge in [-0.1, -0.05) is 42.5 Å². The minimum atomic E-state index is -0.573. The molecule has 1 heterocycles. The molecular formula is C20H19FN4O2. The molecule has 1 saturated carbocycles. The van der Waals surface area contributed by atoms with Crippen LogP contribution in [0.25, 0.3) is 11.4 Å². The van der Waals surface area contributed by atoms with Crippen LogP contribution in [0.2, 0.25) is 0 Å². The fourth-order valence-electron chi connectivity index (χ4n) is 3.03. The molecule has 0 aliphatic heterocycles. The molecule has 0 unspecified atom stereocenters. The summed E-state index contributed by atoms with van der Waals surface area (Å²) in [5, 5.41) is 7.11. The molecule has 27 heavy (non-hydrogen) atoms. The van der Waals surface area contributed by atoms with Crippen molar-refractivity contribution in [1.29, 1.82) is 0 Å². The van der Waals surface area contributed by atoms with Crippen molar-refractivity contribution in [2.24, 2.45) is 0 Å². The first kappa shape index (κ1) is 17.2. The highest BCUT2D eigenvalue weighted by Gasteiger charge is 2.30. The quantitative estimate of drug-likeness (QED) is 0.729. The van der Waals surface area contributed by atoms with Crippen LogP contribution in [-0.4, -0.2) is 26.8 Å². The number of rotatable bonds is 6. The van der Waals surface area contributed by atoms with Crippen molar-refractivity contribution in [2.45, 2.75) is 25.4 Å². The molecule has 0 saturated heterocycles. The zero-order chi connectivity index (χ0) is 18.8. The lowest BCUT2D eigenvalue weighted by molar-refractivity contribution is 0.0947. The standard InChI is InChI=1S/C20H19FN4O2/c21-17-9-5-4-8-16(17)19(26)22-12-13-24-20(27)25(15-10-11-15)18(23-24)14-6-2-1-3-7-14/h1-9,15H,10-13H2,(H,22,26). The van der Waals surface area contributed by atoms with Crippen molar-refractivity contribution >= 4 is 5.91 Å². The zero-order valence-corrected chi connectivity index (χ0v) is 14.6. The van der Waals surface area contributed by atoms with E-state index in [-0.39, 0.29) is 30.4 Å². The summed E-state index contributed by atoms with van der Waals surface area (Å²) in [5.74, 6) is -0.439. The molecule has 0 atom stereocenters. The van der Waals surface area contributed by atoms with E-state index in [0.717, 1.165) is 18.4 Å². The average molecular weight is 366 g/mol. The molecule has 1 aromatic heterocycles. The Hall–Kier alpha value is -3.22. The largest absolute Gasteiger partial charge is 0.350 e. The molecule has 2 aromatic carbocycles. The monoisotopic (exact) mass is 366 g/mol. The maximum absolute atomic E-state index is 13.7. The third-order valence-electron chi connectivity index (χ3n) is 4.54. The summed E-state index contributed by atoms with van der Waals surface area (Å²) in [6.07, 6.45) is 1.94. The maximum Gasteiger partial charge on any atom is 0.346 e. The third kappa shape index (κ3) is 3.53. The lowest BCUT2D eigenvalue weighted by Gasteiger charge is -2.05. The number of benzene rings is 2. The molecule has 138 valence electrons. The fraction of sp³-hybridized carbons (Fsp3) is 0.250. The number of hydrogen-bond donors (Lipinski definition) is 1. The smallest absolute Gasteiger partial charge is 0.346 e. The first-order valence-corrected chi connectivity index (χ1v) is 8.92. The molecule has 0 spiro atoms.